The first-order valence-corrected chi connectivity index (χ1v) is 8.90. The van der Waals surface area contributed by atoms with Gasteiger partial charge in [0.15, 0.2) is 0 Å². The molecule has 2 nitrogen and oxygen atoms in total. The van der Waals surface area contributed by atoms with Gasteiger partial charge in [-0.1, -0.05) is 57.7 Å². The average molecular weight is 310 g/mol. The van der Waals surface area contributed by atoms with Gasteiger partial charge in [-0.3, -0.25) is 0 Å². The minimum absolute atomic E-state index is 0.844. The fourth-order valence-corrected chi connectivity index (χ4v) is 2.62. The number of hydrogen-bond acceptors (Lipinski definition) is 2. The molecule has 0 spiro atoms. The van der Waals surface area contributed by atoms with Crippen molar-refractivity contribution in [3.05, 3.63) is 54.6 Å². The number of unbranched alkanes of at least 4 members (excludes halogenated alkanes) is 3. The summed E-state index contributed by atoms with van der Waals surface area (Å²) in [6.45, 7) is 5.67. The fourth-order valence-electron chi connectivity index (χ4n) is 2.62. The summed E-state index contributed by atoms with van der Waals surface area (Å²) in [5, 5.41) is 6.91. The molecule has 0 saturated carbocycles. The lowest BCUT2D eigenvalue weighted by Gasteiger charge is -2.09. The molecule has 23 heavy (non-hydrogen) atoms. The third kappa shape index (κ3) is 7.23. The van der Waals surface area contributed by atoms with Crippen LogP contribution >= 0.6 is 0 Å². The molecule has 2 aromatic carbocycles. The second kappa shape index (κ2) is 9.94. The Morgan fingerprint density at radius 1 is 0.696 bits per heavy atom. The van der Waals surface area contributed by atoms with Crippen LogP contribution in [0.15, 0.2) is 54.6 Å². The Bertz CT molecular complexity index is 532. The fraction of sp³-hybridized carbons (Fsp3) is 0.429. The predicted molar refractivity (Wildman–Crippen MR) is 103 cm³/mol. The smallest absolute Gasteiger partial charge is 0.0385 e. The molecule has 0 bridgehead atoms. The van der Waals surface area contributed by atoms with E-state index in [0.29, 0.717) is 0 Å². The lowest BCUT2D eigenvalue weighted by Crippen LogP contribution is -2.01. The lowest BCUT2D eigenvalue weighted by molar-refractivity contribution is 0.523. The molecule has 0 heterocycles. The molecule has 0 radical (unpaired) electrons. The van der Waals surface area contributed by atoms with Gasteiger partial charge in [0.05, 0.1) is 0 Å². The topological polar surface area (TPSA) is 24.1 Å². The molecule has 0 fully saturated rings. The molecule has 0 atom stereocenters. The van der Waals surface area contributed by atoms with Crippen LogP contribution in [0.4, 0.5) is 17.1 Å². The molecule has 0 aliphatic rings. The standard InChI is InChI=1S/C21H30N2/c1-18(2)10-6-3-4-9-17-22-19-13-15-21(16-14-19)23-20-11-7-5-8-12-20/h5,7-8,11-16,18,22-23H,3-4,6,9-10,17H2,1-2H3. The molecule has 2 heteroatoms. The largest absolute Gasteiger partial charge is 0.385 e. The van der Waals surface area contributed by atoms with Crippen LogP contribution in [-0.2, 0) is 0 Å². The van der Waals surface area contributed by atoms with Crippen LogP contribution < -0.4 is 10.6 Å². The molecule has 2 aromatic rings. The van der Waals surface area contributed by atoms with Crippen LogP contribution in [0.5, 0.6) is 0 Å². The Morgan fingerprint density at radius 2 is 1.30 bits per heavy atom. The van der Waals surface area contributed by atoms with Gasteiger partial charge in [0.25, 0.3) is 0 Å². The molecule has 0 aliphatic carbocycles. The first-order valence-electron chi connectivity index (χ1n) is 8.90. The van der Waals surface area contributed by atoms with Gasteiger partial charge in [0.2, 0.25) is 0 Å². The van der Waals surface area contributed by atoms with E-state index in [9.17, 15) is 0 Å². The average Bonchev–Trinajstić information content (AvgIpc) is 2.56. The Hall–Kier alpha value is -1.96. The number of benzene rings is 2. The van der Waals surface area contributed by atoms with Crippen molar-refractivity contribution < 1.29 is 0 Å². The number of para-hydroxylation sites is 1. The Labute approximate surface area is 141 Å². The molecule has 2 N–H and O–H groups in total. The van der Waals surface area contributed by atoms with E-state index in [1.54, 1.807) is 0 Å². The van der Waals surface area contributed by atoms with Gasteiger partial charge in [-0.2, -0.15) is 0 Å². The molecule has 0 unspecified atom stereocenters. The maximum Gasteiger partial charge on any atom is 0.0385 e. The van der Waals surface area contributed by atoms with Crippen molar-refractivity contribution in [2.75, 3.05) is 17.2 Å². The predicted octanol–water partition coefficient (Wildman–Crippen LogP) is 6.45. The third-order valence-corrected chi connectivity index (χ3v) is 3.98. The summed E-state index contributed by atoms with van der Waals surface area (Å²) < 4.78 is 0. The van der Waals surface area contributed by atoms with Crippen molar-refractivity contribution in [3.63, 3.8) is 0 Å². The van der Waals surface area contributed by atoms with Crippen LogP contribution in [0.2, 0.25) is 0 Å². The monoisotopic (exact) mass is 310 g/mol. The van der Waals surface area contributed by atoms with Gasteiger partial charge in [0.1, 0.15) is 0 Å². The van der Waals surface area contributed by atoms with Crippen molar-refractivity contribution in [1.82, 2.24) is 0 Å². The summed E-state index contributed by atoms with van der Waals surface area (Å²) >= 11 is 0. The Morgan fingerprint density at radius 3 is 2.00 bits per heavy atom. The summed E-state index contributed by atoms with van der Waals surface area (Å²) in [6, 6.07) is 18.8. The zero-order valence-electron chi connectivity index (χ0n) is 14.5. The Balaban J connectivity index is 1.63. The molecule has 124 valence electrons. The van der Waals surface area contributed by atoms with E-state index in [-0.39, 0.29) is 0 Å². The quantitative estimate of drug-likeness (QED) is 0.493. The van der Waals surface area contributed by atoms with Gasteiger partial charge in [-0.05, 0) is 48.7 Å². The summed E-state index contributed by atoms with van der Waals surface area (Å²) in [7, 11) is 0. The molecular formula is C21H30N2. The third-order valence-electron chi connectivity index (χ3n) is 3.98. The van der Waals surface area contributed by atoms with Crippen molar-refractivity contribution >= 4 is 17.1 Å². The van der Waals surface area contributed by atoms with E-state index < -0.39 is 0 Å². The molecule has 0 amide bonds. The van der Waals surface area contributed by atoms with E-state index in [0.717, 1.165) is 23.8 Å². The van der Waals surface area contributed by atoms with Gasteiger partial charge < -0.3 is 10.6 Å². The minimum Gasteiger partial charge on any atom is -0.385 e. The number of hydrogen-bond donors (Lipinski definition) is 2. The van der Waals surface area contributed by atoms with E-state index in [4.69, 9.17) is 0 Å². The van der Waals surface area contributed by atoms with Crippen molar-refractivity contribution in [1.29, 1.82) is 0 Å². The maximum absolute atomic E-state index is 3.51. The van der Waals surface area contributed by atoms with E-state index in [1.165, 1.54) is 37.8 Å². The summed E-state index contributed by atoms with van der Waals surface area (Å²) in [4.78, 5) is 0. The van der Waals surface area contributed by atoms with E-state index >= 15 is 0 Å². The molecular weight excluding hydrogens is 280 g/mol. The second-order valence-corrected chi connectivity index (χ2v) is 6.59. The molecule has 0 saturated heterocycles. The van der Waals surface area contributed by atoms with Gasteiger partial charge in [0, 0.05) is 23.6 Å². The molecule has 0 aliphatic heterocycles. The first kappa shape index (κ1) is 17.4. The summed E-state index contributed by atoms with van der Waals surface area (Å²) in [5.41, 5.74) is 3.44. The van der Waals surface area contributed by atoms with Crippen LogP contribution in [0.25, 0.3) is 0 Å². The normalized spacial score (nSPS) is 10.7. The second-order valence-electron chi connectivity index (χ2n) is 6.59. The van der Waals surface area contributed by atoms with Crippen LogP contribution in [0, 0.1) is 5.92 Å². The van der Waals surface area contributed by atoms with Gasteiger partial charge in [-0.25, -0.2) is 0 Å². The van der Waals surface area contributed by atoms with E-state index in [1.807, 2.05) is 18.2 Å². The first-order chi connectivity index (χ1) is 11.2. The van der Waals surface area contributed by atoms with Crippen molar-refractivity contribution in [2.24, 2.45) is 5.92 Å². The zero-order valence-corrected chi connectivity index (χ0v) is 14.5. The maximum atomic E-state index is 3.51. The number of rotatable bonds is 10. The van der Waals surface area contributed by atoms with Crippen LogP contribution in [0.3, 0.4) is 0 Å². The lowest BCUT2D eigenvalue weighted by atomic mass is 10.0. The van der Waals surface area contributed by atoms with Crippen molar-refractivity contribution in [2.45, 2.75) is 46.0 Å². The zero-order chi connectivity index (χ0) is 16.3. The summed E-state index contributed by atoms with van der Waals surface area (Å²) in [6.07, 6.45) is 6.68. The minimum atomic E-state index is 0.844. The highest BCUT2D eigenvalue weighted by Crippen LogP contribution is 2.18. The van der Waals surface area contributed by atoms with E-state index in [2.05, 4.69) is 60.9 Å². The van der Waals surface area contributed by atoms with Crippen LogP contribution in [0.1, 0.15) is 46.0 Å². The molecule has 2 rings (SSSR count). The number of anilines is 3. The highest BCUT2D eigenvalue weighted by Gasteiger charge is 1.97. The van der Waals surface area contributed by atoms with Gasteiger partial charge in [-0.15, -0.1) is 0 Å². The van der Waals surface area contributed by atoms with Gasteiger partial charge >= 0.3 is 0 Å². The van der Waals surface area contributed by atoms with Crippen LogP contribution in [-0.4, -0.2) is 6.54 Å². The van der Waals surface area contributed by atoms with Crippen molar-refractivity contribution in [3.8, 4) is 0 Å². The number of nitrogens with one attached hydrogen (secondary N) is 2. The summed E-state index contributed by atoms with van der Waals surface area (Å²) in [5.74, 6) is 0.844. The Kier molecular flexibility index (Phi) is 7.51. The SMILES string of the molecule is CC(C)CCCCCCNc1ccc(Nc2ccccc2)cc1. The highest BCUT2D eigenvalue weighted by atomic mass is 14.9. The highest BCUT2D eigenvalue weighted by molar-refractivity contribution is 5.62. The molecule has 0 aromatic heterocycles.